The largest absolute Gasteiger partial charge is 0.494 e. The minimum absolute atomic E-state index is 0.0159. The Morgan fingerprint density at radius 2 is 1.91 bits per heavy atom. The number of rotatable bonds is 7. The summed E-state index contributed by atoms with van der Waals surface area (Å²) in [5, 5.41) is 11.5. The van der Waals surface area contributed by atoms with Crippen molar-refractivity contribution in [3.8, 4) is 17.1 Å². The predicted octanol–water partition coefficient (Wildman–Crippen LogP) is 3.30. The van der Waals surface area contributed by atoms with Crippen molar-refractivity contribution in [2.45, 2.75) is 45.3 Å². The fourth-order valence-corrected chi connectivity index (χ4v) is 4.09. The van der Waals surface area contributed by atoms with Gasteiger partial charge in [0.05, 0.1) is 12.6 Å². The normalized spacial score (nSPS) is 19.8. The molecule has 9 heteroatoms. The third kappa shape index (κ3) is 4.31. The number of hydrazine groups is 1. The second kappa shape index (κ2) is 9.03. The summed E-state index contributed by atoms with van der Waals surface area (Å²) < 4.78 is 10.9. The van der Waals surface area contributed by atoms with Crippen molar-refractivity contribution in [2.24, 2.45) is 5.10 Å². The standard InChI is InChI=1S/C24H26N6O3/c1-3-16-5-7-18(8-6-16)23-26-22(33-28-23)14-29-24(31)21-13-20(27-30(21)15-25-29)17-9-11-19(12-10-17)32-4-2/h5-12,15,20-21,27H,3-4,13-14H2,1-2H3. The average Bonchev–Trinajstić information content (AvgIpc) is 3.50. The predicted molar refractivity (Wildman–Crippen MR) is 122 cm³/mol. The molecule has 1 aromatic heterocycles. The van der Waals surface area contributed by atoms with Gasteiger partial charge in [0.1, 0.15) is 24.7 Å². The van der Waals surface area contributed by atoms with Crippen LogP contribution in [0.1, 0.15) is 43.3 Å². The average molecular weight is 447 g/mol. The summed E-state index contributed by atoms with van der Waals surface area (Å²) in [5.41, 5.74) is 6.57. The second-order valence-electron chi connectivity index (χ2n) is 8.03. The van der Waals surface area contributed by atoms with Crippen molar-refractivity contribution in [3.05, 3.63) is 65.5 Å². The molecule has 0 bridgehead atoms. The molecule has 1 N–H and O–H groups in total. The van der Waals surface area contributed by atoms with Gasteiger partial charge < -0.3 is 9.26 Å². The fourth-order valence-electron chi connectivity index (χ4n) is 4.09. The highest BCUT2D eigenvalue weighted by Gasteiger charge is 2.41. The molecule has 9 nitrogen and oxygen atoms in total. The molecule has 2 atom stereocenters. The maximum absolute atomic E-state index is 13.1. The molecule has 3 heterocycles. The van der Waals surface area contributed by atoms with E-state index in [9.17, 15) is 4.79 Å². The maximum Gasteiger partial charge on any atom is 0.267 e. The zero-order valence-electron chi connectivity index (χ0n) is 18.6. The lowest BCUT2D eigenvalue weighted by Gasteiger charge is -2.29. The number of aromatic nitrogens is 2. The highest BCUT2D eigenvalue weighted by molar-refractivity contribution is 5.87. The second-order valence-corrected chi connectivity index (χ2v) is 8.03. The summed E-state index contributed by atoms with van der Waals surface area (Å²) in [7, 11) is 0. The number of aryl methyl sites for hydroxylation is 1. The van der Waals surface area contributed by atoms with E-state index in [1.165, 1.54) is 10.6 Å². The third-order valence-corrected chi connectivity index (χ3v) is 5.92. The van der Waals surface area contributed by atoms with E-state index < -0.39 is 0 Å². The Hall–Kier alpha value is -3.72. The van der Waals surface area contributed by atoms with E-state index in [0.717, 1.165) is 23.3 Å². The van der Waals surface area contributed by atoms with E-state index in [4.69, 9.17) is 9.26 Å². The minimum Gasteiger partial charge on any atom is -0.494 e. The Bertz CT molecular complexity index is 1140. The summed E-state index contributed by atoms with van der Waals surface area (Å²) in [6.07, 6.45) is 3.24. The van der Waals surface area contributed by atoms with E-state index in [1.807, 2.05) is 55.5 Å². The lowest BCUT2D eigenvalue weighted by molar-refractivity contribution is -0.137. The molecule has 2 aromatic carbocycles. The number of nitrogens with one attached hydrogen (secondary N) is 1. The number of fused-ring (bicyclic) bond motifs is 1. The van der Waals surface area contributed by atoms with Crippen molar-refractivity contribution in [1.29, 1.82) is 0 Å². The van der Waals surface area contributed by atoms with Gasteiger partial charge in [-0.1, -0.05) is 48.5 Å². The lowest BCUT2D eigenvalue weighted by Crippen LogP contribution is -2.50. The smallest absolute Gasteiger partial charge is 0.267 e. The number of hydrogen-bond donors (Lipinski definition) is 1. The number of carbonyl (C=O) groups excluding carboxylic acids is 1. The number of carbonyl (C=O) groups is 1. The topological polar surface area (TPSA) is 96.1 Å². The summed E-state index contributed by atoms with van der Waals surface area (Å²) in [5.74, 6) is 1.57. The van der Waals surface area contributed by atoms with Gasteiger partial charge in [-0.25, -0.2) is 10.4 Å². The van der Waals surface area contributed by atoms with Crippen LogP contribution in [-0.4, -0.2) is 45.1 Å². The molecule has 1 amide bonds. The van der Waals surface area contributed by atoms with Gasteiger partial charge in [0, 0.05) is 5.56 Å². The van der Waals surface area contributed by atoms with Crippen LogP contribution >= 0.6 is 0 Å². The summed E-state index contributed by atoms with van der Waals surface area (Å²) in [4.78, 5) is 17.5. The zero-order valence-corrected chi connectivity index (χ0v) is 18.6. The molecular weight excluding hydrogens is 420 g/mol. The van der Waals surface area contributed by atoms with Gasteiger partial charge in [0.2, 0.25) is 11.7 Å². The number of amides is 1. The molecule has 1 fully saturated rings. The summed E-state index contributed by atoms with van der Waals surface area (Å²) in [6.45, 7) is 4.83. The van der Waals surface area contributed by atoms with Gasteiger partial charge in [-0.2, -0.15) is 10.1 Å². The Kier molecular flexibility index (Phi) is 5.78. The molecule has 2 aliphatic heterocycles. The molecule has 1 saturated heterocycles. The van der Waals surface area contributed by atoms with Crippen molar-refractivity contribution < 1.29 is 14.1 Å². The highest BCUT2D eigenvalue weighted by atomic mass is 16.5. The number of hydrazone groups is 1. The van der Waals surface area contributed by atoms with Gasteiger partial charge in [-0.15, -0.1) is 0 Å². The van der Waals surface area contributed by atoms with Crippen LogP contribution in [0.2, 0.25) is 0 Å². The third-order valence-electron chi connectivity index (χ3n) is 5.92. The van der Waals surface area contributed by atoms with Crippen LogP contribution in [-0.2, 0) is 17.8 Å². The fraction of sp³-hybridized carbons (Fsp3) is 0.333. The Labute approximate surface area is 192 Å². The van der Waals surface area contributed by atoms with Crippen LogP contribution in [0.3, 0.4) is 0 Å². The molecule has 0 radical (unpaired) electrons. The van der Waals surface area contributed by atoms with Crippen LogP contribution in [0, 0.1) is 0 Å². The molecule has 2 aliphatic rings. The van der Waals surface area contributed by atoms with Gasteiger partial charge in [-0.3, -0.25) is 9.80 Å². The minimum atomic E-state index is -0.344. The molecule has 2 unspecified atom stereocenters. The van der Waals surface area contributed by atoms with Gasteiger partial charge >= 0.3 is 0 Å². The van der Waals surface area contributed by atoms with E-state index in [1.54, 1.807) is 11.3 Å². The number of hydrogen-bond acceptors (Lipinski definition) is 8. The Balaban J connectivity index is 1.24. The molecular formula is C24H26N6O3. The van der Waals surface area contributed by atoms with Crippen LogP contribution in [0.15, 0.2) is 58.2 Å². The molecule has 0 spiro atoms. The van der Waals surface area contributed by atoms with Gasteiger partial charge in [0.25, 0.3) is 5.91 Å². The zero-order chi connectivity index (χ0) is 22.8. The van der Waals surface area contributed by atoms with Crippen molar-refractivity contribution in [1.82, 2.24) is 25.6 Å². The number of ether oxygens (including phenoxy) is 1. The van der Waals surface area contributed by atoms with E-state index in [2.05, 4.69) is 27.6 Å². The molecule has 3 aromatic rings. The molecule has 0 saturated carbocycles. The van der Waals surface area contributed by atoms with Gasteiger partial charge in [0.15, 0.2) is 0 Å². The van der Waals surface area contributed by atoms with E-state index >= 15 is 0 Å². The molecule has 33 heavy (non-hydrogen) atoms. The first-order valence-corrected chi connectivity index (χ1v) is 11.2. The first-order chi connectivity index (χ1) is 16.1. The lowest BCUT2D eigenvalue weighted by atomic mass is 10.0. The summed E-state index contributed by atoms with van der Waals surface area (Å²) in [6, 6.07) is 15.7. The van der Waals surface area contributed by atoms with Crippen LogP contribution in [0.25, 0.3) is 11.4 Å². The quantitative estimate of drug-likeness (QED) is 0.595. The van der Waals surface area contributed by atoms with Crippen LogP contribution in [0.5, 0.6) is 5.75 Å². The number of nitrogens with zero attached hydrogens (tertiary/aromatic N) is 5. The Morgan fingerprint density at radius 3 is 2.64 bits per heavy atom. The van der Waals surface area contributed by atoms with Crippen molar-refractivity contribution in [3.63, 3.8) is 0 Å². The van der Waals surface area contributed by atoms with Crippen LogP contribution < -0.4 is 10.2 Å². The summed E-state index contributed by atoms with van der Waals surface area (Å²) >= 11 is 0. The highest BCUT2D eigenvalue weighted by Crippen LogP contribution is 2.31. The maximum atomic E-state index is 13.1. The van der Waals surface area contributed by atoms with Crippen molar-refractivity contribution >= 4 is 12.2 Å². The first kappa shape index (κ1) is 21.1. The van der Waals surface area contributed by atoms with E-state index in [-0.39, 0.29) is 24.5 Å². The van der Waals surface area contributed by atoms with Crippen molar-refractivity contribution in [2.75, 3.05) is 6.61 Å². The first-order valence-electron chi connectivity index (χ1n) is 11.2. The SMILES string of the molecule is CCOc1ccc(C2CC3C(=O)N(Cc4nc(-c5ccc(CC)cc5)no4)N=CN3N2)cc1. The molecule has 170 valence electrons. The molecule has 5 rings (SSSR count). The molecule has 0 aliphatic carbocycles. The Morgan fingerprint density at radius 1 is 1.12 bits per heavy atom. The monoisotopic (exact) mass is 446 g/mol. The van der Waals surface area contributed by atoms with E-state index in [0.29, 0.717) is 24.7 Å². The van der Waals surface area contributed by atoms with Gasteiger partial charge in [-0.05, 0) is 43.0 Å². The number of benzene rings is 2. The van der Waals surface area contributed by atoms with Crippen LogP contribution in [0.4, 0.5) is 0 Å².